The molecule has 1 unspecified atom stereocenters. The van der Waals surface area contributed by atoms with E-state index in [2.05, 4.69) is 4.98 Å². The van der Waals surface area contributed by atoms with Crippen molar-refractivity contribution in [1.29, 1.82) is 0 Å². The third-order valence-corrected chi connectivity index (χ3v) is 4.94. The molecule has 0 bridgehead atoms. The van der Waals surface area contributed by atoms with Crippen LogP contribution in [0.2, 0.25) is 10.0 Å². The smallest absolute Gasteiger partial charge is 0.161 e. The van der Waals surface area contributed by atoms with Crippen LogP contribution in [-0.4, -0.2) is 12.1 Å². The van der Waals surface area contributed by atoms with Crippen LogP contribution in [0.25, 0.3) is 0 Å². The number of pyridine rings is 1. The Labute approximate surface area is 168 Å². The van der Waals surface area contributed by atoms with E-state index in [4.69, 9.17) is 38.4 Å². The van der Waals surface area contributed by atoms with Crippen LogP contribution in [0.5, 0.6) is 11.5 Å². The molecule has 3 rings (SSSR count). The van der Waals surface area contributed by atoms with Gasteiger partial charge in [0.2, 0.25) is 0 Å². The standard InChI is InChI=1S/C21H20Cl2N2O2/c1-26-21-11-14(10-19(24)15-4-3-9-25-12-15)7-8-20(21)27-13-16-17(22)5-2-6-18(16)23/h2-9,11-12,19H,10,13,24H2,1H3. The van der Waals surface area contributed by atoms with Gasteiger partial charge in [-0.3, -0.25) is 4.98 Å². The molecule has 4 nitrogen and oxygen atoms in total. The van der Waals surface area contributed by atoms with Gasteiger partial charge in [-0.1, -0.05) is 41.4 Å². The highest BCUT2D eigenvalue weighted by atomic mass is 35.5. The first-order valence-electron chi connectivity index (χ1n) is 8.46. The number of aromatic nitrogens is 1. The lowest BCUT2D eigenvalue weighted by Crippen LogP contribution is -2.13. The van der Waals surface area contributed by atoms with Crippen molar-refractivity contribution >= 4 is 23.2 Å². The maximum absolute atomic E-state index is 6.28. The molecule has 0 aliphatic heterocycles. The highest BCUT2D eigenvalue weighted by Gasteiger charge is 2.12. The highest BCUT2D eigenvalue weighted by molar-refractivity contribution is 6.35. The Morgan fingerprint density at radius 3 is 2.48 bits per heavy atom. The zero-order chi connectivity index (χ0) is 19.2. The van der Waals surface area contributed by atoms with Crippen molar-refractivity contribution in [2.45, 2.75) is 19.1 Å². The minimum Gasteiger partial charge on any atom is -0.493 e. The average molecular weight is 403 g/mol. The van der Waals surface area contributed by atoms with E-state index in [9.17, 15) is 0 Å². The van der Waals surface area contributed by atoms with Crippen LogP contribution >= 0.6 is 23.2 Å². The van der Waals surface area contributed by atoms with Gasteiger partial charge in [0.1, 0.15) is 6.61 Å². The normalized spacial score (nSPS) is 11.9. The lowest BCUT2D eigenvalue weighted by atomic mass is 10.0. The molecule has 2 aromatic carbocycles. The fourth-order valence-corrected chi connectivity index (χ4v) is 3.25. The molecule has 3 aromatic rings. The van der Waals surface area contributed by atoms with E-state index in [1.165, 1.54) is 0 Å². The number of nitrogens with two attached hydrogens (primary N) is 1. The Morgan fingerprint density at radius 1 is 1.04 bits per heavy atom. The first-order valence-corrected chi connectivity index (χ1v) is 9.22. The van der Waals surface area contributed by atoms with Crippen molar-refractivity contribution in [2.75, 3.05) is 7.11 Å². The quantitative estimate of drug-likeness (QED) is 0.588. The molecule has 0 saturated heterocycles. The second kappa shape index (κ2) is 9.09. The van der Waals surface area contributed by atoms with Gasteiger partial charge in [-0.15, -0.1) is 0 Å². The van der Waals surface area contributed by atoms with Gasteiger partial charge < -0.3 is 15.2 Å². The predicted molar refractivity (Wildman–Crippen MR) is 109 cm³/mol. The summed E-state index contributed by atoms with van der Waals surface area (Å²) < 4.78 is 11.4. The molecule has 2 N–H and O–H groups in total. The minimum absolute atomic E-state index is 0.142. The summed E-state index contributed by atoms with van der Waals surface area (Å²) in [6, 6.07) is 14.9. The topological polar surface area (TPSA) is 57.4 Å². The highest BCUT2D eigenvalue weighted by Crippen LogP contribution is 2.32. The van der Waals surface area contributed by atoms with Gasteiger partial charge in [0.15, 0.2) is 11.5 Å². The molecule has 6 heteroatoms. The largest absolute Gasteiger partial charge is 0.493 e. The summed E-state index contributed by atoms with van der Waals surface area (Å²) in [7, 11) is 1.61. The van der Waals surface area contributed by atoms with Gasteiger partial charge in [-0.2, -0.15) is 0 Å². The Bertz CT molecular complexity index is 884. The first-order chi connectivity index (χ1) is 13.1. The number of methoxy groups -OCH3 is 1. The molecule has 27 heavy (non-hydrogen) atoms. The maximum atomic E-state index is 6.28. The van der Waals surface area contributed by atoms with E-state index in [1.54, 1.807) is 37.7 Å². The lowest BCUT2D eigenvalue weighted by molar-refractivity contribution is 0.284. The Kier molecular flexibility index (Phi) is 6.56. The van der Waals surface area contributed by atoms with Crippen molar-refractivity contribution in [2.24, 2.45) is 5.73 Å². The summed E-state index contributed by atoms with van der Waals surface area (Å²) in [5, 5.41) is 1.14. The molecule has 0 spiro atoms. The van der Waals surface area contributed by atoms with Gasteiger partial charge in [-0.25, -0.2) is 0 Å². The monoisotopic (exact) mass is 402 g/mol. The average Bonchev–Trinajstić information content (AvgIpc) is 2.69. The zero-order valence-corrected chi connectivity index (χ0v) is 16.4. The van der Waals surface area contributed by atoms with E-state index < -0.39 is 0 Å². The van der Waals surface area contributed by atoms with Crippen molar-refractivity contribution in [3.8, 4) is 11.5 Å². The second-order valence-electron chi connectivity index (χ2n) is 6.07. The maximum Gasteiger partial charge on any atom is 0.161 e. The summed E-state index contributed by atoms with van der Waals surface area (Å²) in [6.07, 6.45) is 4.18. The van der Waals surface area contributed by atoms with E-state index >= 15 is 0 Å². The number of hydrogen-bond acceptors (Lipinski definition) is 4. The van der Waals surface area contributed by atoms with Gasteiger partial charge in [0.05, 0.1) is 7.11 Å². The fraction of sp³-hybridized carbons (Fsp3) is 0.190. The molecule has 0 aliphatic carbocycles. The minimum atomic E-state index is -0.142. The van der Waals surface area contributed by atoms with Crippen molar-refractivity contribution < 1.29 is 9.47 Å². The number of nitrogens with zero attached hydrogens (tertiary/aromatic N) is 1. The van der Waals surface area contributed by atoms with Crippen LogP contribution in [-0.2, 0) is 13.0 Å². The van der Waals surface area contributed by atoms with Crippen LogP contribution in [0.4, 0.5) is 0 Å². The molecule has 0 radical (unpaired) electrons. The third kappa shape index (κ3) is 4.92. The van der Waals surface area contributed by atoms with Gasteiger partial charge >= 0.3 is 0 Å². The lowest BCUT2D eigenvalue weighted by Gasteiger charge is -2.15. The number of rotatable bonds is 7. The van der Waals surface area contributed by atoms with Crippen LogP contribution in [0.1, 0.15) is 22.7 Å². The van der Waals surface area contributed by atoms with Crippen molar-refractivity contribution in [3.05, 3.63) is 87.7 Å². The third-order valence-electron chi connectivity index (χ3n) is 4.23. The second-order valence-corrected chi connectivity index (χ2v) is 6.89. The summed E-state index contributed by atoms with van der Waals surface area (Å²) in [5.74, 6) is 1.25. The van der Waals surface area contributed by atoms with Crippen LogP contribution in [0.15, 0.2) is 60.9 Å². The molecule has 1 atom stereocenters. The van der Waals surface area contributed by atoms with E-state index in [-0.39, 0.29) is 12.6 Å². The summed E-state index contributed by atoms with van der Waals surface area (Å²) >= 11 is 12.4. The van der Waals surface area contributed by atoms with Gasteiger partial charge in [0.25, 0.3) is 0 Å². The van der Waals surface area contributed by atoms with Crippen LogP contribution < -0.4 is 15.2 Å². The fourth-order valence-electron chi connectivity index (χ4n) is 2.75. The molecule has 1 heterocycles. The number of halogens is 2. The molecule has 0 fully saturated rings. The summed E-state index contributed by atoms with van der Waals surface area (Å²) in [5.41, 5.74) is 9.06. The van der Waals surface area contributed by atoms with Crippen molar-refractivity contribution in [3.63, 3.8) is 0 Å². The Morgan fingerprint density at radius 2 is 1.81 bits per heavy atom. The Hall–Kier alpha value is -2.27. The SMILES string of the molecule is COc1cc(CC(N)c2cccnc2)ccc1OCc1c(Cl)cccc1Cl. The zero-order valence-electron chi connectivity index (χ0n) is 14.9. The molecule has 0 amide bonds. The molecule has 1 aromatic heterocycles. The molecular formula is C21H20Cl2N2O2. The van der Waals surface area contributed by atoms with E-state index in [1.807, 2.05) is 30.3 Å². The molecule has 0 saturated carbocycles. The number of ether oxygens (including phenoxy) is 2. The van der Waals surface area contributed by atoms with E-state index in [0.29, 0.717) is 28.0 Å². The van der Waals surface area contributed by atoms with Crippen molar-refractivity contribution in [1.82, 2.24) is 4.98 Å². The summed E-state index contributed by atoms with van der Waals surface area (Å²) in [6.45, 7) is 0.253. The first kappa shape index (κ1) is 19.5. The molecular weight excluding hydrogens is 383 g/mol. The van der Waals surface area contributed by atoms with Gasteiger partial charge in [-0.05, 0) is 47.9 Å². The van der Waals surface area contributed by atoms with Crippen LogP contribution in [0.3, 0.4) is 0 Å². The Balaban J connectivity index is 1.72. The van der Waals surface area contributed by atoms with Gasteiger partial charge in [0, 0.05) is 34.0 Å². The molecule has 140 valence electrons. The van der Waals surface area contributed by atoms with Crippen LogP contribution in [0, 0.1) is 0 Å². The summed E-state index contributed by atoms with van der Waals surface area (Å²) in [4.78, 5) is 4.12. The predicted octanol–water partition coefficient (Wildman–Crippen LogP) is 5.22. The number of benzene rings is 2. The van der Waals surface area contributed by atoms with E-state index in [0.717, 1.165) is 16.7 Å². The number of hydrogen-bond donors (Lipinski definition) is 1. The molecule has 0 aliphatic rings.